The zero-order chi connectivity index (χ0) is 22.1. The molecule has 0 aromatic heterocycles. The predicted octanol–water partition coefficient (Wildman–Crippen LogP) is 5.56. The van der Waals surface area contributed by atoms with Gasteiger partial charge in [0.2, 0.25) is 5.95 Å². The summed E-state index contributed by atoms with van der Waals surface area (Å²) in [7, 11) is 0. The monoisotopic (exact) mass is 441 g/mol. The quantitative estimate of drug-likeness (QED) is 0.463. The molecule has 7 nitrogen and oxygen atoms in total. The van der Waals surface area contributed by atoms with Crippen LogP contribution in [0.25, 0.3) is 11.4 Å². The van der Waals surface area contributed by atoms with Gasteiger partial charge in [0.25, 0.3) is 0 Å². The van der Waals surface area contributed by atoms with Gasteiger partial charge in [-0.05, 0) is 69.7 Å². The summed E-state index contributed by atoms with van der Waals surface area (Å²) in [5.74, 6) is 1.79. The average molecular weight is 442 g/mol. The molecule has 1 aromatic rings. The third-order valence-electron chi connectivity index (χ3n) is 5.91. The van der Waals surface area contributed by atoms with Crippen LogP contribution in [-0.4, -0.2) is 31.8 Å². The molecule has 0 unspecified atom stereocenters. The Hall–Kier alpha value is -2.38. The minimum atomic E-state index is 0.205. The SMILES string of the molecule is CC(C)c1nnc2c(Nc3ccc(Cl)cc3)nc(NC3CCC(N)CC3)n(C(C)C)c1-2. The molecule has 3 aliphatic rings. The number of hydrogen-bond donors (Lipinski definition) is 3. The van der Waals surface area contributed by atoms with E-state index < -0.39 is 0 Å². The molecule has 4 N–H and O–H groups in total. The van der Waals surface area contributed by atoms with Crippen molar-refractivity contribution in [1.82, 2.24) is 19.7 Å². The molecule has 1 aliphatic carbocycles. The molecule has 0 radical (unpaired) electrons. The smallest absolute Gasteiger partial charge is 0.205 e. The lowest BCUT2D eigenvalue weighted by atomic mass is 9.92. The Kier molecular flexibility index (Phi) is 6.34. The van der Waals surface area contributed by atoms with E-state index in [2.05, 4.69) is 53.1 Å². The van der Waals surface area contributed by atoms with Crippen molar-refractivity contribution in [1.29, 1.82) is 0 Å². The van der Waals surface area contributed by atoms with E-state index in [1.165, 1.54) is 0 Å². The predicted molar refractivity (Wildman–Crippen MR) is 128 cm³/mol. The number of anilines is 3. The van der Waals surface area contributed by atoms with Gasteiger partial charge in [-0.2, -0.15) is 10.1 Å². The first-order chi connectivity index (χ1) is 14.8. The van der Waals surface area contributed by atoms with Crippen LogP contribution in [0, 0.1) is 0 Å². The third-order valence-corrected chi connectivity index (χ3v) is 6.16. The highest BCUT2D eigenvalue weighted by Gasteiger charge is 2.29. The molecule has 4 rings (SSSR count). The molecular formula is C23H32ClN7. The molecule has 31 heavy (non-hydrogen) atoms. The van der Waals surface area contributed by atoms with Crippen LogP contribution in [0.4, 0.5) is 17.5 Å². The summed E-state index contributed by atoms with van der Waals surface area (Å²) < 4.78 is 2.24. The van der Waals surface area contributed by atoms with Gasteiger partial charge in [-0.25, -0.2) is 0 Å². The summed E-state index contributed by atoms with van der Waals surface area (Å²) in [6.07, 6.45) is 4.17. The van der Waals surface area contributed by atoms with Crippen LogP contribution in [0.2, 0.25) is 5.02 Å². The maximum Gasteiger partial charge on any atom is 0.205 e. The van der Waals surface area contributed by atoms with Crippen molar-refractivity contribution in [2.45, 2.75) is 77.4 Å². The first kappa shape index (κ1) is 21.8. The van der Waals surface area contributed by atoms with E-state index in [4.69, 9.17) is 22.3 Å². The molecule has 0 spiro atoms. The maximum absolute atomic E-state index is 6.12. The van der Waals surface area contributed by atoms with Gasteiger partial charge in [-0.15, -0.1) is 5.10 Å². The lowest BCUT2D eigenvalue weighted by Gasteiger charge is -2.30. The topological polar surface area (TPSA) is 93.7 Å². The first-order valence-electron chi connectivity index (χ1n) is 11.2. The number of aromatic nitrogens is 4. The van der Waals surface area contributed by atoms with Gasteiger partial charge in [-0.1, -0.05) is 25.4 Å². The van der Waals surface area contributed by atoms with Crippen molar-refractivity contribution < 1.29 is 0 Å². The molecule has 0 atom stereocenters. The van der Waals surface area contributed by atoms with E-state index in [1.807, 2.05) is 24.3 Å². The van der Waals surface area contributed by atoms with E-state index in [9.17, 15) is 0 Å². The normalized spacial score (nSPS) is 19.4. The molecule has 0 bridgehead atoms. The van der Waals surface area contributed by atoms with Crippen LogP contribution in [0.5, 0.6) is 0 Å². The van der Waals surface area contributed by atoms with E-state index in [1.54, 1.807) is 0 Å². The fourth-order valence-corrected chi connectivity index (χ4v) is 4.36. The first-order valence-corrected chi connectivity index (χ1v) is 11.5. The van der Waals surface area contributed by atoms with Crippen molar-refractivity contribution in [3.05, 3.63) is 35.0 Å². The van der Waals surface area contributed by atoms with Crippen molar-refractivity contribution in [2.75, 3.05) is 10.6 Å². The molecule has 2 heterocycles. The van der Waals surface area contributed by atoms with E-state index >= 15 is 0 Å². The Labute approximate surface area is 189 Å². The minimum Gasteiger partial charge on any atom is -0.353 e. The van der Waals surface area contributed by atoms with Crippen LogP contribution >= 0.6 is 11.6 Å². The maximum atomic E-state index is 6.12. The Bertz CT molecular complexity index is 988. The molecule has 166 valence electrons. The van der Waals surface area contributed by atoms with E-state index in [0.717, 1.165) is 54.4 Å². The molecule has 8 heteroatoms. The fraction of sp³-hybridized carbons (Fsp3) is 0.522. The van der Waals surface area contributed by atoms with Gasteiger partial charge >= 0.3 is 0 Å². The van der Waals surface area contributed by atoms with Crippen molar-refractivity contribution in [3.63, 3.8) is 0 Å². The van der Waals surface area contributed by atoms with Gasteiger partial charge in [-0.3, -0.25) is 0 Å². The summed E-state index contributed by atoms with van der Waals surface area (Å²) in [6.45, 7) is 8.64. The van der Waals surface area contributed by atoms with Gasteiger partial charge in [0, 0.05) is 28.8 Å². The second kappa shape index (κ2) is 9.01. The van der Waals surface area contributed by atoms with E-state index in [-0.39, 0.29) is 12.0 Å². The third kappa shape index (κ3) is 4.62. The van der Waals surface area contributed by atoms with Gasteiger partial charge in [0.05, 0.1) is 11.4 Å². The summed E-state index contributed by atoms with van der Waals surface area (Å²) >= 11 is 6.06. The number of nitrogens with one attached hydrogen (secondary N) is 2. The second-order valence-electron chi connectivity index (χ2n) is 9.07. The average Bonchev–Trinajstić information content (AvgIpc) is 3.16. The fourth-order valence-electron chi connectivity index (χ4n) is 4.23. The minimum absolute atomic E-state index is 0.205. The van der Waals surface area contributed by atoms with Crippen molar-refractivity contribution >= 4 is 29.1 Å². The lowest BCUT2D eigenvalue weighted by molar-refractivity contribution is 0.407. The molecular weight excluding hydrogens is 410 g/mol. The summed E-state index contributed by atoms with van der Waals surface area (Å²) in [5.41, 5.74) is 9.82. The van der Waals surface area contributed by atoms with Crippen LogP contribution in [0.1, 0.15) is 71.0 Å². The van der Waals surface area contributed by atoms with Crippen LogP contribution < -0.4 is 16.4 Å². The molecule has 1 aromatic carbocycles. The molecule has 0 amide bonds. The van der Waals surface area contributed by atoms with Crippen molar-refractivity contribution in [3.8, 4) is 11.4 Å². The molecule has 2 aliphatic heterocycles. The van der Waals surface area contributed by atoms with Crippen LogP contribution in [-0.2, 0) is 0 Å². The number of nitrogens with zero attached hydrogens (tertiary/aromatic N) is 4. The summed E-state index contributed by atoms with van der Waals surface area (Å²) in [5, 5.41) is 16.9. The Morgan fingerprint density at radius 2 is 1.71 bits per heavy atom. The number of benzene rings is 1. The number of hydrogen-bond acceptors (Lipinski definition) is 6. The number of rotatable bonds is 6. The van der Waals surface area contributed by atoms with Gasteiger partial charge in [0.15, 0.2) is 11.5 Å². The summed E-state index contributed by atoms with van der Waals surface area (Å²) in [6, 6.07) is 8.47. The highest BCUT2D eigenvalue weighted by molar-refractivity contribution is 6.30. The largest absolute Gasteiger partial charge is 0.353 e. The lowest BCUT2D eigenvalue weighted by Crippen LogP contribution is -2.34. The van der Waals surface area contributed by atoms with Crippen LogP contribution in [0.15, 0.2) is 24.3 Å². The highest BCUT2D eigenvalue weighted by atomic mass is 35.5. The van der Waals surface area contributed by atoms with Gasteiger partial charge in [0.1, 0.15) is 0 Å². The number of halogens is 1. The zero-order valence-electron chi connectivity index (χ0n) is 18.7. The number of fused-ring (bicyclic) bond motifs is 1. The highest BCUT2D eigenvalue weighted by Crippen LogP contribution is 2.39. The summed E-state index contributed by atoms with van der Waals surface area (Å²) in [4.78, 5) is 5.00. The van der Waals surface area contributed by atoms with Crippen molar-refractivity contribution in [2.24, 2.45) is 5.73 Å². The molecule has 1 saturated carbocycles. The Morgan fingerprint density at radius 3 is 2.32 bits per heavy atom. The van der Waals surface area contributed by atoms with E-state index in [0.29, 0.717) is 22.9 Å². The Balaban J connectivity index is 1.80. The standard InChI is InChI=1S/C23H32ClN7/c1-13(2)19-21-20(30-29-19)22(26-17-9-5-15(24)6-10-17)28-23(31(21)14(3)4)27-18-11-7-16(25)8-12-18/h5-6,9-10,13-14,16,18,26H,7-8,11-12,25H2,1-4H3,(H,27,28). The second-order valence-corrected chi connectivity index (χ2v) is 9.51. The van der Waals surface area contributed by atoms with Crippen LogP contribution in [0.3, 0.4) is 0 Å². The van der Waals surface area contributed by atoms with Gasteiger partial charge < -0.3 is 20.9 Å². The zero-order valence-corrected chi connectivity index (χ0v) is 19.4. The number of nitrogens with two attached hydrogens (primary N) is 1. The Morgan fingerprint density at radius 1 is 1.03 bits per heavy atom. The molecule has 1 fully saturated rings. The molecule has 0 saturated heterocycles.